The van der Waals surface area contributed by atoms with Crippen molar-refractivity contribution >= 4 is 35.2 Å². The van der Waals surface area contributed by atoms with E-state index in [1.54, 1.807) is 24.3 Å². The molecule has 1 saturated heterocycles. The van der Waals surface area contributed by atoms with E-state index in [2.05, 4.69) is 31.3 Å². The Bertz CT molecular complexity index is 943. The minimum Gasteiger partial charge on any atom is -0.410 e. The summed E-state index contributed by atoms with van der Waals surface area (Å²) in [5.41, 5.74) is 1.11. The second-order valence-electron chi connectivity index (χ2n) is 9.35. The van der Waals surface area contributed by atoms with Gasteiger partial charge in [-0.15, -0.1) is 0 Å². The van der Waals surface area contributed by atoms with Gasteiger partial charge in [-0.05, 0) is 65.6 Å². The summed E-state index contributed by atoms with van der Waals surface area (Å²) in [5, 5.41) is 4.02. The van der Waals surface area contributed by atoms with E-state index in [1.807, 2.05) is 30.9 Å². The predicted octanol–water partition coefficient (Wildman–Crippen LogP) is 6.15. The molecule has 0 radical (unpaired) electrons. The highest BCUT2D eigenvalue weighted by molar-refractivity contribution is 6.30. The molecule has 1 N–H and O–H groups in total. The normalized spacial score (nSPS) is 18.8. The Morgan fingerprint density at radius 3 is 2.12 bits per heavy atom. The summed E-state index contributed by atoms with van der Waals surface area (Å²) in [4.78, 5) is 27.7. The first-order chi connectivity index (χ1) is 15.1. The number of benzene rings is 2. The van der Waals surface area contributed by atoms with E-state index in [1.165, 1.54) is 5.56 Å². The molecule has 0 unspecified atom stereocenters. The Labute approximate surface area is 200 Å². The molecule has 0 aromatic heterocycles. The number of ether oxygens (including phenoxy) is 1. The second kappa shape index (κ2) is 10.1. The Balaban J connectivity index is 1.66. The lowest BCUT2D eigenvalue weighted by Crippen LogP contribution is -2.56. The molecule has 1 aliphatic rings. The van der Waals surface area contributed by atoms with Gasteiger partial charge in [0.25, 0.3) is 0 Å². The zero-order chi connectivity index (χ0) is 23.5. The number of hydrogen-bond acceptors (Lipinski definition) is 3. The Hall–Kier alpha value is -2.24. The summed E-state index contributed by atoms with van der Waals surface area (Å²) in [5.74, 6) is 0.518. The minimum atomic E-state index is -0.669. The van der Waals surface area contributed by atoms with Crippen molar-refractivity contribution in [2.45, 2.75) is 46.1 Å². The lowest BCUT2D eigenvalue weighted by atomic mass is 9.70. The van der Waals surface area contributed by atoms with E-state index in [0.29, 0.717) is 29.8 Å². The number of amides is 2. The fourth-order valence-electron chi connectivity index (χ4n) is 4.33. The van der Waals surface area contributed by atoms with E-state index in [9.17, 15) is 9.59 Å². The van der Waals surface area contributed by atoms with Gasteiger partial charge in [0.2, 0.25) is 5.91 Å². The summed E-state index contributed by atoms with van der Waals surface area (Å²) in [6.07, 6.45) is 0.190. The smallest absolute Gasteiger partial charge is 0.410 e. The molecule has 7 heteroatoms. The molecule has 1 aliphatic heterocycles. The van der Waals surface area contributed by atoms with Crippen molar-refractivity contribution in [3.8, 4) is 5.75 Å². The van der Waals surface area contributed by atoms with E-state index < -0.39 is 12.1 Å². The number of carbonyl (C=O) groups excluding carboxylic acids is 2. The van der Waals surface area contributed by atoms with E-state index in [-0.39, 0.29) is 17.2 Å². The third kappa shape index (κ3) is 5.96. The molecular formula is C25H30Cl2N2O3. The molecule has 0 aliphatic carbocycles. The van der Waals surface area contributed by atoms with Gasteiger partial charge in [-0.25, -0.2) is 4.79 Å². The first kappa shape index (κ1) is 24.4. The van der Waals surface area contributed by atoms with Crippen molar-refractivity contribution in [2.75, 3.05) is 13.1 Å². The molecule has 2 aromatic carbocycles. The number of likely N-dealkylation sites (tertiary alicyclic amines) is 1. The highest BCUT2D eigenvalue weighted by Crippen LogP contribution is 2.42. The van der Waals surface area contributed by atoms with Crippen LogP contribution in [0.2, 0.25) is 10.0 Å². The topological polar surface area (TPSA) is 58.6 Å². The number of halogens is 2. The maximum atomic E-state index is 13.4. The molecule has 0 spiro atoms. The lowest BCUT2D eigenvalue weighted by molar-refractivity contribution is -0.138. The molecule has 0 bridgehead atoms. The lowest BCUT2D eigenvalue weighted by Gasteiger charge is -2.45. The summed E-state index contributed by atoms with van der Waals surface area (Å²) >= 11 is 11.9. The summed E-state index contributed by atoms with van der Waals surface area (Å²) in [6.45, 7) is 9.42. The fourth-order valence-corrected chi connectivity index (χ4v) is 4.59. The van der Waals surface area contributed by atoms with Crippen LogP contribution in [0.5, 0.6) is 5.75 Å². The van der Waals surface area contributed by atoms with Crippen LogP contribution in [0.1, 0.15) is 45.6 Å². The zero-order valence-electron chi connectivity index (χ0n) is 18.9. The van der Waals surface area contributed by atoms with Gasteiger partial charge in [0.15, 0.2) is 0 Å². The summed E-state index contributed by atoms with van der Waals surface area (Å²) < 4.78 is 5.32. The van der Waals surface area contributed by atoms with Crippen LogP contribution in [0.3, 0.4) is 0 Å². The summed E-state index contributed by atoms with van der Waals surface area (Å²) in [6, 6.07) is 13.8. The quantitative estimate of drug-likeness (QED) is 0.562. The van der Waals surface area contributed by atoms with E-state index in [4.69, 9.17) is 27.9 Å². The predicted molar refractivity (Wildman–Crippen MR) is 128 cm³/mol. The van der Waals surface area contributed by atoms with Crippen LogP contribution in [-0.4, -0.2) is 36.0 Å². The summed E-state index contributed by atoms with van der Waals surface area (Å²) in [7, 11) is 0. The van der Waals surface area contributed by atoms with Crippen LogP contribution in [0.4, 0.5) is 4.79 Å². The van der Waals surface area contributed by atoms with Gasteiger partial charge < -0.3 is 15.0 Å². The van der Waals surface area contributed by atoms with Crippen LogP contribution in [0.25, 0.3) is 0 Å². The van der Waals surface area contributed by atoms with Gasteiger partial charge in [-0.3, -0.25) is 4.79 Å². The highest BCUT2D eigenvalue weighted by Gasteiger charge is 2.40. The van der Waals surface area contributed by atoms with Gasteiger partial charge in [-0.1, -0.05) is 63.0 Å². The van der Waals surface area contributed by atoms with Gasteiger partial charge >= 0.3 is 6.09 Å². The van der Waals surface area contributed by atoms with Crippen molar-refractivity contribution in [2.24, 2.45) is 11.3 Å². The molecular weight excluding hydrogens is 447 g/mol. The third-order valence-electron chi connectivity index (χ3n) is 6.04. The monoisotopic (exact) mass is 476 g/mol. The number of nitrogens with one attached hydrogen (secondary N) is 1. The minimum absolute atomic E-state index is 0.0858. The maximum absolute atomic E-state index is 13.4. The molecule has 32 heavy (non-hydrogen) atoms. The maximum Gasteiger partial charge on any atom is 0.413 e. The molecule has 2 amide bonds. The van der Waals surface area contributed by atoms with E-state index in [0.717, 1.165) is 11.4 Å². The van der Waals surface area contributed by atoms with Crippen molar-refractivity contribution in [1.82, 2.24) is 10.2 Å². The molecule has 5 nitrogen and oxygen atoms in total. The second-order valence-corrected chi connectivity index (χ2v) is 10.2. The molecule has 1 fully saturated rings. The van der Waals surface area contributed by atoms with Gasteiger partial charge in [-0.2, -0.15) is 0 Å². The van der Waals surface area contributed by atoms with Gasteiger partial charge in [0.05, 0.1) is 0 Å². The average Bonchev–Trinajstić information content (AvgIpc) is 2.73. The molecule has 2 aromatic rings. The number of nitrogens with zero attached hydrogens (tertiary/aromatic N) is 1. The number of rotatable bonds is 5. The van der Waals surface area contributed by atoms with Gasteiger partial charge in [0.1, 0.15) is 11.8 Å². The Morgan fingerprint density at radius 1 is 1.03 bits per heavy atom. The molecule has 172 valence electrons. The third-order valence-corrected chi connectivity index (χ3v) is 6.55. The van der Waals surface area contributed by atoms with E-state index >= 15 is 0 Å². The zero-order valence-corrected chi connectivity index (χ0v) is 20.4. The standard InChI is InChI=1S/C25H30Cl2N2O3/c1-16(2)22(28-24(31)32-20-11-9-19(27)10-12-20)23(30)29-14-13-21(25(3,4)15-29)17-5-7-18(26)8-6-17/h5-12,16,21-22H,13-15H2,1-4H3,(H,28,31)/t21-,22-/m1/s1. The number of piperidine rings is 1. The van der Waals surface area contributed by atoms with Crippen molar-refractivity contribution in [3.63, 3.8) is 0 Å². The first-order valence-electron chi connectivity index (χ1n) is 10.8. The SMILES string of the molecule is CC(C)[C@@H](NC(=O)Oc1ccc(Cl)cc1)C(=O)N1CC[C@H](c2ccc(Cl)cc2)C(C)(C)C1. The largest absolute Gasteiger partial charge is 0.413 e. The van der Waals surface area contributed by atoms with Crippen molar-refractivity contribution < 1.29 is 14.3 Å². The number of carbonyl (C=O) groups is 2. The average molecular weight is 477 g/mol. The van der Waals surface area contributed by atoms with Crippen LogP contribution >= 0.6 is 23.2 Å². The van der Waals surface area contributed by atoms with Crippen LogP contribution < -0.4 is 10.1 Å². The van der Waals surface area contributed by atoms with Crippen LogP contribution in [0.15, 0.2) is 48.5 Å². The Kier molecular flexibility index (Phi) is 7.73. The van der Waals surface area contributed by atoms with Crippen molar-refractivity contribution in [3.05, 3.63) is 64.1 Å². The molecule has 3 rings (SSSR count). The number of hydrogen-bond donors (Lipinski definition) is 1. The van der Waals surface area contributed by atoms with Crippen molar-refractivity contribution in [1.29, 1.82) is 0 Å². The fraction of sp³-hybridized carbons (Fsp3) is 0.440. The van der Waals surface area contributed by atoms with Gasteiger partial charge in [0, 0.05) is 23.1 Å². The molecule has 2 atom stereocenters. The van der Waals surface area contributed by atoms with Crippen LogP contribution in [-0.2, 0) is 4.79 Å². The molecule has 1 heterocycles. The van der Waals surface area contributed by atoms with Crippen LogP contribution in [0, 0.1) is 11.3 Å². The molecule has 0 saturated carbocycles. The first-order valence-corrected chi connectivity index (χ1v) is 11.6. The Morgan fingerprint density at radius 2 is 1.59 bits per heavy atom. The highest BCUT2D eigenvalue weighted by atomic mass is 35.5.